The van der Waals surface area contributed by atoms with E-state index in [1.807, 2.05) is 6.07 Å². The van der Waals surface area contributed by atoms with Crippen LogP contribution < -0.4 is 5.73 Å². The molecule has 0 saturated carbocycles. The van der Waals surface area contributed by atoms with Crippen LogP contribution in [0.5, 0.6) is 0 Å². The third-order valence-electron chi connectivity index (χ3n) is 2.26. The lowest BCUT2D eigenvalue weighted by atomic mass is 10.1. The van der Waals surface area contributed by atoms with Crippen molar-refractivity contribution in [2.24, 2.45) is 0 Å². The van der Waals surface area contributed by atoms with E-state index < -0.39 is 0 Å². The minimum absolute atomic E-state index is 0.731. The van der Waals surface area contributed by atoms with Gasteiger partial charge in [-0.1, -0.05) is 0 Å². The highest BCUT2D eigenvalue weighted by Gasteiger charge is 1.99. The van der Waals surface area contributed by atoms with Gasteiger partial charge in [0.25, 0.3) is 0 Å². The van der Waals surface area contributed by atoms with Crippen LogP contribution in [0.1, 0.15) is 11.1 Å². The third-order valence-corrected chi connectivity index (χ3v) is 2.26. The Morgan fingerprint density at radius 2 is 1.75 bits per heavy atom. The molecule has 0 aliphatic rings. The lowest BCUT2D eigenvalue weighted by Gasteiger charge is -1.98. The molecular formula is C10H12N2. The fraction of sp³-hybridized carbons (Fsp3) is 0.200. The molecule has 0 amide bonds. The van der Waals surface area contributed by atoms with Crippen molar-refractivity contribution in [3.05, 3.63) is 29.3 Å². The summed E-state index contributed by atoms with van der Waals surface area (Å²) < 4.78 is 0. The molecule has 0 aliphatic heterocycles. The number of fused-ring (bicyclic) bond motifs is 1. The van der Waals surface area contributed by atoms with Gasteiger partial charge in [-0.15, -0.1) is 0 Å². The largest absolute Gasteiger partial charge is 0.385 e. The molecule has 0 radical (unpaired) electrons. The third kappa shape index (κ3) is 0.961. The van der Waals surface area contributed by atoms with E-state index in [0.717, 1.165) is 11.3 Å². The van der Waals surface area contributed by atoms with E-state index in [9.17, 15) is 0 Å². The lowest BCUT2D eigenvalue weighted by molar-refractivity contribution is 1.35. The zero-order chi connectivity index (χ0) is 8.72. The summed E-state index contributed by atoms with van der Waals surface area (Å²) in [5.41, 5.74) is 9.36. The maximum absolute atomic E-state index is 5.64. The highest BCUT2D eigenvalue weighted by atomic mass is 14.8. The first-order valence-electron chi connectivity index (χ1n) is 4.02. The number of hydrogen-bond donors (Lipinski definition) is 2. The monoisotopic (exact) mass is 160 g/mol. The molecule has 1 heterocycles. The fourth-order valence-electron chi connectivity index (χ4n) is 1.43. The number of nitrogen functional groups attached to an aromatic ring is 1. The van der Waals surface area contributed by atoms with E-state index in [1.165, 1.54) is 16.5 Å². The Bertz CT molecular complexity index is 388. The van der Waals surface area contributed by atoms with Gasteiger partial charge < -0.3 is 10.7 Å². The molecule has 0 atom stereocenters. The normalized spacial score (nSPS) is 10.8. The lowest BCUT2D eigenvalue weighted by Crippen LogP contribution is -1.81. The summed E-state index contributed by atoms with van der Waals surface area (Å²) in [7, 11) is 0. The van der Waals surface area contributed by atoms with Crippen molar-refractivity contribution in [2.45, 2.75) is 13.8 Å². The van der Waals surface area contributed by atoms with Crippen molar-refractivity contribution in [2.75, 3.05) is 5.73 Å². The quantitative estimate of drug-likeness (QED) is 0.610. The summed E-state index contributed by atoms with van der Waals surface area (Å²) in [5, 5.41) is 1.19. The molecule has 2 aromatic rings. The number of rotatable bonds is 0. The Hall–Kier alpha value is -1.44. The number of aryl methyl sites for hydroxylation is 2. The van der Waals surface area contributed by atoms with Gasteiger partial charge in [-0.05, 0) is 43.2 Å². The van der Waals surface area contributed by atoms with Gasteiger partial charge >= 0.3 is 0 Å². The second kappa shape index (κ2) is 2.27. The highest BCUT2D eigenvalue weighted by molar-refractivity contribution is 5.84. The van der Waals surface area contributed by atoms with Gasteiger partial charge in [0, 0.05) is 10.9 Å². The van der Waals surface area contributed by atoms with Gasteiger partial charge in [0.1, 0.15) is 5.82 Å². The van der Waals surface area contributed by atoms with Crippen LogP contribution >= 0.6 is 0 Å². The van der Waals surface area contributed by atoms with Crippen molar-refractivity contribution in [1.29, 1.82) is 0 Å². The second-order valence-electron chi connectivity index (χ2n) is 3.25. The van der Waals surface area contributed by atoms with Crippen molar-refractivity contribution >= 4 is 16.7 Å². The fourth-order valence-corrected chi connectivity index (χ4v) is 1.43. The molecule has 12 heavy (non-hydrogen) atoms. The number of H-pyrrole nitrogens is 1. The minimum atomic E-state index is 0.731. The standard InChI is InChI=1S/C10H12N2/c1-6-3-8-5-10(11)12-9(8)4-7(6)2/h3-5,12H,11H2,1-2H3. The smallest absolute Gasteiger partial charge is 0.101 e. The molecule has 3 N–H and O–H groups in total. The Morgan fingerprint density at radius 3 is 2.50 bits per heavy atom. The van der Waals surface area contributed by atoms with Crippen molar-refractivity contribution in [1.82, 2.24) is 4.98 Å². The van der Waals surface area contributed by atoms with E-state index in [1.54, 1.807) is 0 Å². The summed E-state index contributed by atoms with van der Waals surface area (Å²) in [5.74, 6) is 0.731. The second-order valence-corrected chi connectivity index (χ2v) is 3.25. The van der Waals surface area contributed by atoms with E-state index in [2.05, 4.69) is 31.0 Å². The number of hydrogen-bond acceptors (Lipinski definition) is 1. The van der Waals surface area contributed by atoms with Crippen LogP contribution in [0, 0.1) is 13.8 Å². The molecule has 0 fully saturated rings. The summed E-state index contributed by atoms with van der Waals surface area (Å²) in [6, 6.07) is 6.24. The van der Waals surface area contributed by atoms with E-state index in [4.69, 9.17) is 5.73 Å². The van der Waals surface area contributed by atoms with Gasteiger partial charge in [-0.3, -0.25) is 0 Å². The summed E-state index contributed by atoms with van der Waals surface area (Å²) in [6.45, 7) is 4.21. The van der Waals surface area contributed by atoms with Crippen LogP contribution in [0.15, 0.2) is 18.2 Å². The Balaban J connectivity index is 2.83. The first-order chi connectivity index (χ1) is 5.66. The minimum Gasteiger partial charge on any atom is -0.385 e. The SMILES string of the molecule is Cc1cc2cc(N)[nH]c2cc1C. The van der Waals surface area contributed by atoms with Crippen LogP contribution in [0.2, 0.25) is 0 Å². The summed E-state index contributed by atoms with van der Waals surface area (Å²) >= 11 is 0. The van der Waals surface area contributed by atoms with Crippen molar-refractivity contribution in [3.63, 3.8) is 0 Å². The maximum Gasteiger partial charge on any atom is 0.101 e. The maximum atomic E-state index is 5.64. The number of nitrogens with one attached hydrogen (secondary N) is 1. The van der Waals surface area contributed by atoms with Crippen LogP contribution in [-0.2, 0) is 0 Å². The zero-order valence-corrected chi connectivity index (χ0v) is 7.31. The van der Waals surface area contributed by atoms with Crippen molar-refractivity contribution in [3.8, 4) is 0 Å². The number of aromatic nitrogens is 1. The van der Waals surface area contributed by atoms with Gasteiger partial charge in [-0.2, -0.15) is 0 Å². The predicted molar refractivity (Wildman–Crippen MR) is 52.2 cm³/mol. The molecule has 0 saturated heterocycles. The van der Waals surface area contributed by atoms with Crippen LogP contribution in [0.4, 0.5) is 5.82 Å². The van der Waals surface area contributed by atoms with E-state index >= 15 is 0 Å². The molecule has 0 bridgehead atoms. The number of nitrogens with two attached hydrogens (primary N) is 1. The highest BCUT2D eigenvalue weighted by Crippen LogP contribution is 2.20. The van der Waals surface area contributed by atoms with Crippen LogP contribution in [0.25, 0.3) is 10.9 Å². The summed E-state index contributed by atoms with van der Waals surface area (Å²) in [6.07, 6.45) is 0. The number of anilines is 1. The molecule has 0 spiro atoms. The molecule has 2 nitrogen and oxygen atoms in total. The molecule has 2 rings (SSSR count). The van der Waals surface area contributed by atoms with E-state index in [0.29, 0.717) is 0 Å². The molecule has 0 aliphatic carbocycles. The zero-order valence-electron chi connectivity index (χ0n) is 7.31. The molecule has 1 aromatic heterocycles. The van der Waals surface area contributed by atoms with Crippen LogP contribution in [-0.4, -0.2) is 4.98 Å². The molecular weight excluding hydrogens is 148 g/mol. The molecule has 62 valence electrons. The first-order valence-corrected chi connectivity index (χ1v) is 4.02. The average Bonchev–Trinajstić information content (AvgIpc) is 2.30. The van der Waals surface area contributed by atoms with Gasteiger partial charge in [0.05, 0.1) is 0 Å². The van der Waals surface area contributed by atoms with Gasteiger partial charge in [-0.25, -0.2) is 0 Å². The van der Waals surface area contributed by atoms with Gasteiger partial charge in [0.2, 0.25) is 0 Å². The van der Waals surface area contributed by atoms with Crippen LogP contribution in [0.3, 0.4) is 0 Å². The van der Waals surface area contributed by atoms with Crippen molar-refractivity contribution < 1.29 is 0 Å². The Morgan fingerprint density at radius 1 is 1.08 bits per heavy atom. The Labute approximate surface area is 71.4 Å². The summed E-state index contributed by atoms with van der Waals surface area (Å²) in [4.78, 5) is 3.10. The topological polar surface area (TPSA) is 41.8 Å². The predicted octanol–water partition coefficient (Wildman–Crippen LogP) is 2.37. The number of benzene rings is 1. The Kier molecular flexibility index (Phi) is 1.37. The number of aromatic amines is 1. The first kappa shape index (κ1) is 7.22. The molecule has 0 unspecified atom stereocenters. The molecule has 1 aromatic carbocycles. The van der Waals surface area contributed by atoms with E-state index in [-0.39, 0.29) is 0 Å². The molecule has 2 heteroatoms. The van der Waals surface area contributed by atoms with Gasteiger partial charge in [0.15, 0.2) is 0 Å². The average molecular weight is 160 g/mol.